The number of carboxylic acids is 1. The Balaban J connectivity index is 2.32. The molecular formula is C15H28N2O3S. The molecule has 1 aliphatic heterocycles. The van der Waals surface area contributed by atoms with E-state index in [0.717, 1.165) is 12.8 Å². The highest BCUT2D eigenvalue weighted by molar-refractivity contribution is 8.03. The second kappa shape index (κ2) is 7.11. The molecule has 1 unspecified atom stereocenters. The van der Waals surface area contributed by atoms with E-state index in [4.69, 9.17) is 10.8 Å². The molecule has 0 spiro atoms. The van der Waals surface area contributed by atoms with Gasteiger partial charge >= 0.3 is 5.97 Å². The summed E-state index contributed by atoms with van der Waals surface area (Å²) in [6.07, 6.45) is 2.37. The molecule has 122 valence electrons. The number of nitrogens with one attached hydrogen (secondary N) is 1. The fourth-order valence-corrected chi connectivity index (χ4v) is 5.72. The van der Waals surface area contributed by atoms with E-state index in [-0.39, 0.29) is 12.5 Å². The molecule has 21 heavy (non-hydrogen) atoms. The first kappa shape index (κ1) is 18.5. The second-order valence-corrected chi connectivity index (χ2v) is 9.26. The Labute approximate surface area is 131 Å². The maximum Gasteiger partial charge on any atom is 0.305 e. The van der Waals surface area contributed by atoms with Crippen molar-refractivity contribution in [1.29, 1.82) is 0 Å². The lowest BCUT2D eigenvalue weighted by atomic mass is 9.78. The van der Waals surface area contributed by atoms with Crippen molar-refractivity contribution in [3.05, 3.63) is 0 Å². The van der Waals surface area contributed by atoms with E-state index in [1.54, 1.807) is 0 Å². The van der Waals surface area contributed by atoms with Crippen molar-refractivity contribution in [3.63, 3.8) is 0 Å². The predicted molar refractivity (Wildman–Crippen MR) is 86.6 cm³/mol. The summed E-state index contributed by atoms with van der Waals surface area (Å²) in [7, 11) is 0. The minimum absolute atomic E-state index is 0.0570. The van der Waals surface area contributed by atoms with Crippen LogP contribution >= 0.6 is 11.8 Å². The zero-order valence-corrected chi connectivity index (χ0v) is 14.2. The number of carbonyl (C=O) groups is 2. The van der Waals surface area contributed by atoms with E-state index in [1.165, 1.54) is 0 Å². The number of thioether (sulfide) groups is 1. The first-order chi connectivity index (χ1) is 9.58. The molecule has 0 bridgehead atoms. The number of hydrogen-bond donors (Lipinski definition) is 3. The average molecular weight is 316 g/mol. The van der Waals surface area contributed by atoms with E-state index < -0.39 is 12.0 Å². The summed E-state index contributed by atoms with van der Waals surface area (Å²) in [6, 6.07) is -0.709. The number of nitrogens with two attached hydrogens (primary N) is 1. The maximum atomic E-state index is 10.8. The normalized spacial score (nSPS) is 23.1. The van der Waals surface area contributed by atoms with Gasteiger partial charge in [-0.1, -0.05) is 27.7 Å². The third kappa shape index (κ3) is 5.27. The first-order valence-corrected chi connectivity index (χ1v) is 8.26. The van der Waals surface area contributed by atoms with Crippen molar-refractivity contribution >= 4 is 24.0 Å². The summed E-state index contributed by atoms with van der Waals surface area (Å²) >= 11 is 2.01. The largest absolute Gasteiger partial charge is 0.481 e. The zero-order chi connectivity index (χ0) is 16.3. The van der Waals surface area contributed by atoms with Gasteiger partial charge in [-0.25, -0.2) is 0 Å². The molecule has 4 N–H and O–H groups in total. The van der Waals surface area contributed by atoms with Crippen LogP contribution in [0.1, 0.15) is 47.0 Å². The first-order valence-electron chi connectivity index (χ1n) is 7.44. The number of aldehydes is 1. The van der Waals surface area contributed by atoms with Crippen LogP contribution in [-0.4, -0.2) is 45.5 Å². The molecule has 5 nitrogen and oxygen atoms in total. The second-order valence-electron chi connectivity index (χ2n) is 6.95. The summed E-state index contributed by atoms with van der Waals surface area (Å²) < 4.78 is 0.594. The highest BCUT2D eigenvalue weighted by atomic mass is 32.2. The zero-order valence-electron chi connectivity index (χ0n) is 13.4. The molecule has 0 aromatic carbocycles. The monoisotopic (exact) mass is 316 g/mol. The fraction of sp³-hybridized carbons (Fsp3) is 0.867. The molecule has 1 heterocycles. The Hall–Kier alpha value is -0.590. The molecule has 1 fully saturated rings. The van der Waals surface area contributed by atoms with Crippen LogP contribution in [-0.2, 0) is 9.59 Å². The van der Waals surface area contributed by atoms with Crippen molar-refractivity contribution in [3.8, 4) is 0 Å². The smallest absolute Gasteiger partial charge is 0.305 e. The predicted octanol–water partition coefficient (Wildman–Crippen LogP) is 1.65. The maximum absolute atomic E-state index is 10.8. The van der Waals surface area contributed by atoms with E-state index in [0.29, 0.717) is 28.2 Å². The molecule has 0 aromatic rings. The van der Waals surface area contributed by atoms with Gasteiger partial charge in [0.15, 0.2) is 0 Å². The van der Waals surface area contributed by atoms with E-state index in [9.17, 15) is 9.59 Å². The summed E-state index contributed by atoms with van der Waals surface area (Å²) in [4.78, 5) is 21.4. The molecule has 0 aliphatic carbocycles. The van der Waals surface area contributed by atoms with Crippen LogP contribution in [0.4, 0.5) is 0 Å². The molecule has 0 radical (unpaired) electrons. The summed E-state index contributed by atoms with van der Waals surface area (Å²) in [5.74, 6) is -0.356. The lowest BCUT2D eigenvalue weighted by molar-refractivity contribution is -0.138. The van der Waals surface area contributed by atoms with Crippen LogP contribution in [0.25, 0.3) is 0 Å². The Morgan fingerprint density at radius 1 is 1.38 bits per heavy atom. The number of rotatable bonds is 9. The Bertz CT molecular complexity index is 371. The van der Waals surface area contributed by atoms with Gasteiger partial charge in [0, 0.05) is 22.1 Å². The Morgan fingerprint density at radius 3 is 2.38 bits per heavy atom. The summed E-state index contributed by atoms with van der Waals surface area (Å²) in [5.41, 5.74) is 6.08. The molecule has 1 rings (SSSR count). The van der Waals surface area contributed by atoms with Crippen molar-refractivity contribution < 1.29 is 14.7 Å². The van der Waals surface area contributed by atoms with Gasteiger partial charge in [0.05, 0.1) is 12.5 Å². The van der Waals surface area contributed by atoms with Gasteiger partial charge in [0.2, 0.25) is 0 Å². The lowest BCUT2D eigenvalue weighted by Gasteiger charge is -2.57. The van der Waals surface area contributed by atoms with Gasteiger partial charge in [-0.15, -0.1) is 11.8 Å². The topological polar surface area (TPSA) is 92.4 Å². The van der Waals surface area contributed by atoms with Gasteiger partial charge in [0.25, 0.3) is 0 Å². The average Bonchev–Trinajstić information content (AvgIpc) is 2.31. The van der Waals surface area contributed by atoms with Crippen LogP contribution in [0.5, 0.6) is 0 Å². The minimum Gasteiger partial charge on any atom is -0.481 e. The number of carboxylic acid groups (broad SMARTS) is 1. The Morgan fingerprint density at radius 2 is 1.95 bits per heavy atom. The highest BCUT2D eigenvalue weighted by Crippen LogP contribution is 2.60. The molecule has 0 amide bonds. The number of aliphatic carboxylic acids is 1. The molecule has 6 heteroatoms. The third-order valence-corrected chi connectivity index (χ3v) is 5.85. The quantitative estimate of drug-likeness (QED) is 0.560. The van der Waals surface area contributed by atoms with Gasteiger partial charge in [-0.2, -0.15) is 0 Å². The van der Waals surface area contributed by atoms with Crippen LogP contribution < -0.4 is 11.1 Å². The molecular weight excluding hydrogens is 288 g/mol. The van der Waals surface area contributed by atoms with Crippen molar-refractivity contribution in [1.82, 2.24) is 5.32 Å². The standard InChI is InChI=1S/C15H28N2O3S/c1-14(2)12(15(3,4)21-14)6-5-10(16)8-17-11(9-18)7-13(19)20/h9-12,17H,5-8,16H2,1-4H3,(H,19,20)/t10?,11-/m0/s1. The fourth-order valence-electron chi connectivity index (χ4n) is 3.44. The van der Waals surface area contributed by atoms with E-state index >= 15 is 0 Å². The van der Waals surface area contributed by atoms with Crippen molar-refractivity contribution in [2.75, 3.05) is 6.54 Å². The molecule has 2 atom stereocenters. The minimum atomic E-state index is -0.983. The van der Waals surface area contributed by atoms with E-state index in [2.05, 4.69) is 33.0 Å². The van der Waals surface area contributed by atoms with E-state index in [1.807, 2.05) is 11.8 Å². The number of hydrogen-bond acceptors (Lipinski definition) is 5. The molecule has 0 aromatic heterocycles. The van der Waals surface area contributed by atoms with Crippen LogP contribution in [0, 0.1) is 5.92 Å². The molecule has 1 aliphatic rings. The summed E-state index contributed by atoms with van der Waals surface area (Å²) in [6.45, 7) is 9.55. The van der Waals surface area contributed by atoms with Gasteiger partial charge in [0.1, 0.15) is 6.29 Å². The van der Waals surface area contributed by atoms with Crippen LogP contribution in [0.2, 0.25) is 0 Å². The van der Waals surface area contributed by atoms with Crippen LogP contribution in [0.3, 0.4) is 0 Å². The summed E-state index contributed by atoms with van der Waals surface area (Å²) in [5, 5.41) is 11.6. The van der Waals surface area contributed by atoms with Crippen LogP contribution in [0.15, 0.2) is 0 Å². The highest BCUT2D eigenvalue weighted by Gasteiger charge is 2.53. The van der Waals surface area contributed by atoms with Crippen molar-refractivity contribution in [2.45, 2.75) is 68.5 Å². The third-order valence-electron chi connectivity index (χ3n) is 4.23. The van der Waals surface area contributed by atoms with Gasteiger partial charge in [-0.05, 0) is 18.8 Å². The van der Waals surface area contributed by atoms with Crippen molar-refractivity contribution in [2.24, 2.45) is 11.7 Å². The molecule has 1 saturated heterocycles. The SMILES string of the molecule is CC1(C)SC(C)(C)C1CCC(N)CN[C@H](C=O)CC(=O)O. The Kier molecular flexibility index (Phi) is 6.25. The van der Waals surface area contributed by atoms with Gasteiger partial charge < -0.3 is 21.0 Å². The van der Waals surface area contributed by atoms with Gasteiger partial charge in [-0.3, -0.25) is 4.79 Å². The molecule has 0 saturated carbocycles. The number of carbonyl (C=O) groups excluding carboxylic acids is 1. The lowest BCUT2D eigenvalue weighted by Crippen LogP contribution is -2.54.